The van der Waals surface area contributed by atoms with Gasteiger partial charge in [0.2, 0.25) is 6.41 Å². The summed E-state index contributed by atoms with van der Waals surface area (Å²) in [7, 11) is 0. The van der Waals surface area contributed by atoms with E-state index in [0.717, 1.165) is 0 Å². The SMILES string of the molecule is O=CNC(CCC(=O)O)Cc1ccccc1OC(F)F. The highest BCUT2D eigenvalue weighted by Crippen LogP contribution is 2.22. The third kappa shape index (κ3) is 5.64. The molecule has 7 heteroatoms. The van der Waals surface area contributed by atoms with Gasteiger partial charge < -0.3 is 15.2 Å². The van der Waals surface area contributed by atoms with Gasteiger partial charge in [0.15, 0.2) is 0 Å². The number of rotatable bonds is 9. The number of carbonyl (C=O) groups is 2. The van der Waals surface area contributed by atoms with E-state index in [1.54, 1.807) is 18.2 Å². The molecular formula is C13H15F2NO4. The minimum atomic E-state index is -2.94. The van der Waals surface area contributed by atoms with E-state index in [4.69, 9.17) is 5.11 Å². The van der Waals surface area contributed by atoms with Crippen LogP contribution in [0.4, 0.5) is 8.78 Å². The monoisotopic (exact) mass is 287 g/mol. The molecule has 1 amide bonds. The lowest BCUT2D eigenvalue weighted by atomic mass is 10.0. The highest BCUT2D eigenvalue weighted by Gasteiger charge is 2.15. The molecule has 0 aromatic heterocycles. The number of carboxylic acid groups (broad SMARTS) is 1. The highest BCUT2D eigenvalue weighted by atomic mass is 19.3. The van der Waals surface area contributed by atoms with Crippen molar-refractivity contribution >= 4 is 12.4 Å². The summed E-state index contributed by atoms with van der Waals surface area (Å²) in [6.45, 7) is -2.94. The van der Waals surface area contributed by atoms with Crippen LogP contribution in [-0.2, 0) is 16.0 Å². The number of aliphatic carboxylic acids is 1. The summed E-state index contributed by atoms with van der Waals surface area (Å²) in [5, 5.41) is 11.1. The number of carbonyl (C=O) groups excluding carboxylic acids is 1. The van der Waals surface area contributed by atoms with Crippen molar-refractivity contribution in [2.24, 2.45) is 0 Å². The molecule has 0 heterocycles. The molecule has 0 aliphatic heterocycles. The van der Waals surface area contributed by atoms with Crippen LogP contribution in [0.5, 0.6) is 5.75 Å². The molecule has 5 nitrogen and oxygen atoms in total. The van der Waals surface area contributed by atoms with E-state index in [-0.39, 0.29) is 25.0 Å². The van der Waals surface area contributed by atoms with E-state index in [1.165, 1.54) is 6.07 Å². The van der Waals surface area contributed by atoms with Crippen LogP contribution in [0, 0.1) is 0 Å². The van der Waals surface area contributed by atoms with Gasteiger partial charge in [-0.2, -0.15) is 8.78 Å². The van der Waals surface area contributed by atoms with Gasteiger partial charge in [0.25, 0.3) is 0 Å². The number of nitrogens with one attached hydrogen (secondary N) is 1. The van der Waals surface area contributed by atoms with Crippen molar-refractivity contribution < 1.29 is 28.2 Å². The lowest BCUT2D eigenvalue weighted by Gasteiger charge is -2.17. The summed E-state index contributed by atoms with van der Waals surface area (Å²) in [5.74, 6) is -0.963. The Labute approximate surface area is 114 Å². The average molecular weight is 287 g/mol. The van der Waals surface area contributed by atoms with E-state index in [0.29, 0.717) is 12.0 Å². The molecule has 1 atom stereocenters. The fourth-order valence-corrected chi connectivity index (χ4v) is 1.79. The first-order valence-electron chi connectivity index (χ1n) is 5.97. The van der Waals surface area contributed by atoms with E-state index in [2.05, 4.69) is 10.1 Å². The van der Waals surface area contributed by atoms with Crippen LogP contribution in [0.25, 0.3) is 0 Å². The molecule has 0 aliphatic rings. The Morgan fingerprint density at radius 1 is 1.40 bits per heavy atom. The van der Waals surface area contributed by atoms with Crippen LogP contribution in [-0.4, -0.2) is 30.1 Å². The lowest BCUT2D eigenvalue weighted by Crippen LogP contribution is -2.30. The first-order chi connectivity index (χ1) is 9.52. The zero-order valence-electron chi connectivity index (χ0n) is 10.6. The molecule has 1 unspecified atom stereocenters. The molecule has 0 aliphatic carbocycles. The molecule has 0 bridgehead atoms. The Bertz CT molecular complexity index is 454. The van der Waals surface area contributed by atoms with Gasteiger partial charge in [-0.05, 0) is 24.5 Å². The molecule has 2 N–H and O–H groups in total. The molecule has 1 aromatic rings. The minimum absolute atomic E-state index is 0.0236. The zero-order valence-corrected chi connectivity index (χ0v) is 10.6. The second-order valence-electron chi connectivity index (χ2n) is 4.10. The number of amides is 1. The number of alkyl halides is 2. The lowest BCUT2D eigenvalue weighted by molar-refractivity contribution is -0.137. The summed E-state index contributed by atoms with van der Waals surface area (Å²) in [4.78, 5) is 21.0. The third-order valence-electron chi connectivity index (χ3n) is 2.67. The van der Waals surface area contributed by atoms with Gasteiger partial charge in [-0.25, -0.2) is 0 Å². The van der Waals surface area contributed by atoms with Crippen LogP contribution in [0.1, 0.15) is 18.4 Å². The topological polar surface area (TPSA) is 75.6 Å². The molecule has 1 rings (SSSR count). The van der Waals surface area contributed by atoms with E-state index in [9.17, 15) is 18.4 Å². The molecule has 0 radical (unpaired) electrons. The summed E-state index contributed by atoms with van der Waals surface area (Å²) >= 11 is 0. The first kappa shape index (κ1) is 15.9. The van der Waals surface area contributed by atoms with Crippen molar-refractivity contribution in [3.63, 3.8) is 0 Å². The first-order valence-corrected chi connectivity index (χ1v) is 5.97. The summed E-state index contributed by atoms with van der Waals surface area (Å²) in [5.41, 5.74) is 0.484. The van der Waals surface area contributed by atoms with Gasteiger partial charge in [-0.15, -0.1) is 0 Å². The van der Waals surface area contributed by atoms with Gasteiger partial charge >= 0.3 is 12.6 Å². The molecule has 0 spiro atoms. The Balaban J connectivity index is 2.76. The predicted molar refractivity (Wildman–Crippen MR) is 66.6 cm³/mol. The van der Waals surface area contributed by atoms with Gasteiger partial charge in [0.05, 0.1) is 0 Å². The van der Waals surface area contributed by atoms with Crippen molar-refractivity contribution in [2.75, 3.05) is 0 Å². The smallest absolute Gasteiger partial charge is 0.387 e. The molecule has 0 saturated heterocycles. The van der Waals surface area contributed by atoms with Crippen molar-refractivity contribution in [1.82, 2.24) is 5.32 Å². The largest absolute Gasteiger partial charge is 0.481 e. The molecule has 20 heavy (non-hydrogen) atoms. The Kier molecular flexibility index (Phi) is 6.42. The average Bonchev–Trinajstić information content (AvgIpc) is 2.37. The summed E-state index contributed by atoms with van der Waals surface area (Å²) in [6.07, 6.45) is 0.762. The van der Waals surface area contributed by atoms with Crippen LogP contribution in [0.15, 0.2) is 24.3 Å². The number of para-hydroxylation sites is 1. The Morgan fingerprint density at radius 3 is 2.70 bits per heavy atom. The maximum Gasteiger partial charge on any atom is 0.387 e. The maximum absolute atomic E-state index is 12.3. The number of halogens is 2. The zero-order chi connectivity index (χ0) is 15.0. The van der Waals surface area contributed by atoms with Crippen LogP contribution in [0.3, 0.4) is 0 Å². The van der Waals surface area contributed by atoms with Gasteiger partial charge in [-0.3, -0.25) is 9.59 Å². The van der Waals surface area contributed by atoms with Crippen LogP contribution >= 0.6 is 0 Å². The summed E-state index contributed by atoms with van der Waals surface area (Å²) in [6, 6.07) is 5.75. The second-order valence-corrected chi connectivity index (χ2v) is 4.10. The van der Waals surface area contributed by atoms with Crippen LogP contribution < -0.4 is 10.1 Å². The number of ether oxygens (including phenoxy) is 1. The fraction of sp³-hybridized carbons (Fsp3) is 0.385. The third-order valence-corrected chi connectivity index (χ3v) is 2.67. The van der Waals surface area contributed by atoms with Crippen molar-refractivity contribution in [1.29, 1.82) is 0 Å². The Hall–Kier alpha value is -2.18. The van der Waals surface area contributed by atoms with Gasteiger partial charge in [0.1, 0.15) is 5.75 Å². The second kappa shape index (κ2) is 8.08. The van der Waals surface area contributed by atoms with Crippen molar-refractivity contribution in [2.45, 2.75) is 31.9 Å². The van der Waals surface area contributed by atoms with Crippen LogP contribution in [0.2, 0.25) is 0 Å². The highest BCUT2D eigenvalue weighted by molar-refractivity contribution is 5.66. The normalized spacial score (nSPS) is 11.9. The number of carboxylic acids is 1. The van der Waals surface area contributed by atoms with Crippen molar-refractivity contribution in [3.05, 3.63) is 29.8 Å². The van der Waals surface area contributed by atoms with Gasteiger partial charge in [-0.1, -0.05) is 18.2 Å². The molecule has 1 aromatic carbocycles. The number of hydrogen-bond acceptors (Lipinski definition) is 3. The van der Waals surface area contributed by atoms with E-state index < -0.39 is 18.6 Å². The van der Waals surface area contributed by atoms with Crippen molar-refractivity contribution in [3.8, 4) is 5.75 Å². The number of benzene rings is 1. The van der Waals surface area contributed by atoms with E-state index in [1.807, 2.05) is 0 Å². The van der Waals surface area contributed by atoms with Gasteiger partial charge in [0, 0.05) is 12.5 Å². The Morgan fingerprint density at radius 2 is 2.10 bits per heavy atom. The predicted octanol–water partition coefficient (Wildman–Crippen LogP) is 1.81. The summed E-state index contributed by atoms with van der Waals surface area (Å²) < 4.78 is 28.9. The minimum Gasteiger partial charge on any atom is -0.481 e. The van der Waals surface area contributed by atoms with E-state index >= 15 is 0 Å². The maximum atomic E-state index is 12.3. The molecular weight excluding hydrogens is 272 g/mol. The molecule has 0 fully saturated rings. The number of hydrogen-bond donors (Lipinski definition) is 2. The fourth-order valence-electron chi connectivity index (χ4n) is 1.79. The quantitative estimate of drug-likeness (QED) is 0.679. The molecule has 110 valence electrons. The standard InChI is InChI=1S/C13H15F2NO4/c14-13(15)20-11-4-2-1-3-9(11)7-10(16-8-17)5-6-12(18)19/h1-4,8,10,13H,5-7H2,(H,16,17)(H,18,19). The molecule has 0 saturated carbocycles.